The van der Waals surface area contributed by atoms with Crippen molar-refractivity contribution < 1.29 is 31.4 Å². The lowest BCUT2D eigenvalue weighted by atomic mass is 9.93. The molecule has 0 bridgehead atoms. The third-order valence-electron chi connectivity index (χ3n) is 5.48. The summed E-state index contributed by atoms with van der Waals surface area (Å²) in [4.78, 5) is -0.312. The van der Waals surface area contributed by atoms with E-state index in [-0.39, 0.29) is 44.2 Å². The van der Waals surface area contributed by atoms with Crippen molar-refractivity contribution >= 4 is 9.84 Å². The van der Waals surface area contributed by atoms with E-state index in [0.29, 0.717) is 5.56 Å². The van der Waals surface area contributed by atoms with Crippen LogP contribution in [0.2, 0.25) is 0 Å². The molecule has 9 heteroatoms. The molecule has 0 saturated carbocycles. The molecular formula is C24H18F3NO4S. The Hall–Kier alpha value is -3.35. The maximum atomic E-state index is 14.6. The van der Waals surface area contributed by atoms with E-state index in [2.05, 4.69) is 0 Å². The summed E-state index contributed by atoms with van der Waals surface area (Å²) in [6.07, 6.45) is -2.22. The number of nitrogens with zero attached hydrogens (tertiary/aromatic N) is 1. The first-order valence-electron chi connectivity index (χ1n) is 9.82. The van der Waals surface area contributed by atoms with E-state index in [4.69, 9.17) is 10.00 Å². The Balaban J connectivity index is 1.94. The van der Waals surface area contributed by atoms with Gasteiger partial charge in [0.25, 0.3) is 5.92 Å². The van der Waals surface area contributed by atoms with Gasteiger partial charge in [0.1, 0.15) is 23.4 Å². The molecule has 1 unspecified atom stereocenters. The fourth-order valence-electron chi connectivity index (χ4n) is 4.21. The van der Waals surface area contributed by atoms with Crippen LogP contribution in [0.4, 0.5) is 13.2 Å². The molecule has 0 saturated heterocycles. The van der Waals surface area contributed by atoms with Gasteiger partial charge in [0, 0.05) is 29.9 Å². The number of benzene rings is 3. The number of hydrogen-bond donors (Lipinski definition) is 1. The minimum absolute atomic E-state index is 0.00605. The number of nitriles is 1. The largest absolute Gasteiger partial charge is 0.457 e. The summed E-state index contributed by atoms with van der Waals surface area (Å²) in [5.41, 5.74) is 0.564. The normalized spacial score (nSPS) is 16.8. The Morgan fingerprint density at radius 2 is 1.85 bits per heavy atom. The van der Waals surface area contributed by atoms with Gasteiger partial charge in [-0.25, -0.2) is 21.6 Å². The van der Waals surface area contributed by atoms with Crippen LogP contribution < -0.4 is 4.74 Å². The third kappa shape index (κ3) is 4.08. The number of halogens is 3. The van der Waals surface area contributed by atoms with Crippen molar-refractivity contribution in [2.45, 2.75) is 30.3 Å². The molecular weight excluding hydrogens is 455 g/mol. The molecule has 3 aromatic rings. The van der Waals surface area contributed by atoms with E-state index in [1.807, 2.05) is 6.07 Å². The standard InChI is InChI=1S/C24H18F3NO4S/c1-13-7-18(19-11-24(26,27)23(29)21(19)22(13)33(2,30)31)17-5-3-4-6-20(17)32-16-9-14(12-28)8-15(25)10-16/h3-10,23,29H,11H2,1-2H3. The van der Waals surface area contributed by atoms with Crippen LogP contribution in [-0.4, -0.2) is 25.7 Å². The summed E-state index contributed by atoms with van der Waals surface area (Å²) in [7, 11) is -3.91. The third-order valence-corrected chi connectivity index (χ3v) is 6.76. The van der Waals surface area contributed by atoms with E-state index < -0.39 is 34.1 Å². The first kappa shape index (κ1) is 22.8. The molecule has 0 aliphatic heterocycles. The van der Waals surface area contributed by atoms with Crippen molar-refractivity contribution in [2.75, 3.05) is 6.26 Å². The first-order valence-corrected chi connectivity index (χ1v) is 11.7. The van der Waals surface area contributed by atoms with E-state index in [0.717, 1.165) is 18.4 Å². The highest BCUT2D eigenvalue weighted by Crippen LogP contribution is 2.51. The minimum atomic E-state index is -3.91. The minimum Gasteiger partial charge on any atom is -0.457 e. The van der Waals surface area contributed by atoms with Gasteiger partial charge in [-0.2, -0.15) is 5.26 Å². The maximum Gasteiger partial charge on any atom is 0.281 e. The molecule has 1 N–H and O–H groups in total. The van der Waals surface area contributed by atoms with Crippen molar-refractivity contribution in [1.82, 2.24) is 0 Å². The molecule has 5 nitrogen and oxygen atoms in total. The molecule has 170 valence electrons. The molecule has 1 aliphatic rings. The van der Waals surface area contributed by atoms with E-state index in [1.165, 1.54) is 19.1 Å². The average molecular weight is 473 g/mol. The van der Waals surface area contributed by atoms with Gasteiger partial charge in [0.15, 0.2) is 9.84 Å². The summed E-state index contributed by atoms with van der Waals surface area (Å²) >= 11 is 0. The van der Waals surface area contributed by atoms with Gasteiger partial charge < -0.3 is 9.84 Å². The summed E-state index contributed by atoms with van der Waals surface area (Å²) in [5.74, 6) is -4.01. The zero-order valence-electron chi connectivity index (χ0n) is 17.6. The van der Waals surface area contributed by atoms with Gasteiger partial charge in [-0.1, -0.05) is 18.2 Å². The van der Waals surface area contributed by atoms with Gasteiger partial charge in [-0.05, 0) is 47.9 Å². The zero-order chi connectivity index (χ0) is 24.1. The fraction of sp³-hybridized carbons (Fsp3) is 0.208. The molecule has 0 spiro atoms. The van der Waals surface area contributed by atoms with Crippen LogP contribution in [-0.2, 0) is 16.3 Å². The van der Waals surface area contributed by atoms with Crippen molar-refractivity contribution in [1.29, 1.82) is 5.26 Å². The first-order chi connectivity index (χ1) is 15.4. The highest BCUT2D eigenvalue weighted by Gasteiger charge is 2.50. The second-order valence-electron chi connectivity index (χ2n) is 7.96. The van der Waals surface area contributed by atoms with E-state index in [1.54, 1.807) is 24.3 Å². The van der Waals surface area contributed by atoms with Crippen LogP contribution >= 0.6 is 0 Å². The number of aliphatic hydroxyl groups is 1. The van der Waals surface area contributed by atoms with Gasteiger partial charge in [0.05, 0.1) is 16.5 Å². The summed E-state index contributed by atoms with van der Waals surface area (Å²) in [5, 5.41) is 19.4. The number of aliphatic hydroxyl groups excluding tert-OH is 1. The molecule has 33 heavy (non-hydrogen) atoms. The van der Waals surface area contributed by atoms with Crippen LogP contribution in [0.1, 0.15) is 28.4 Å². The van der Waals surface area contributed by atoms with Crippen LogP contribution in [0.15, 0.2) is 53.4 Å². The van der Waals surface area contributed by atoms with Gasteiger partial charge in [-0.3, -0.25) is 0 Å². The SMILES string of the molecule is Cc1cc(-c2ccccc2Oc2cc(F)cc(C#N)c2)c2c(c1S(C)(=O)=O)C(O)C(F)(F)C2. The van der Waals surface area contributed by atoms with Crippen molar-refractivity contribution in [3.05, 3.63) is 76.6 Å². The number of rotatable bonds is 4. The quantitative estimate of drug-likeness (QED) is 0.570. The molecule has 4 rings (SSSR count). The van der Waals surface area contributed by atoms with Gasteiger partial charge >= 0.3 is 0 Å². The Morgan fingerprint density at radius 1 is 1.15 bits per heavy atom. The predicted molar refractivity (Wildman–Crippen MR) is 115 cm³/mol. The van der Waals surface area contributed by atoms with Crippen LogP contribution in [0.3, 0.4) is 0 Å². The lowest BCUT2D eigenvalue weighted by Crippen LogP contribution is -2.22. The number of hydrogen-bond acceptors (Lipinski definition) is 5. The Morgan fingerprint density at radius 3 is 2.52 bits per heavy atom. The Bertz CT molecular complexity index is 1430. The average Bonchev–Trinajstić information content (AvgIpc) is 2.96. The fourth-order valence-corrected chi connectivity index (χ4v) is 5.49. The number of fused-ring (bicyclic) bond motifs is 1. The summed E-state index contributed by atoms with van der Waals surface area (Å²) < 4.78 is 73.5. The monoisotopic (exact) mass is 473 g/mol. The summed E-state index contributed by atoms with van der Waals surface area (Å²) in [6, 6.07) is 13.2. The molecule has 0 fully saturated rings. The Kier molecular flexibility index (Phi) is 5.47. The van der Waals surface area contributed by atoms with E-state index in [9.17, 15) is 26.7 Å². The number of aryl methyl sites for hydroxylation is 1. The lowest BCUT2D eigenvalue weighted by molar-refractivity contribution is -0.0975. The molecule has 0 radical (unpaired) electrons. The second kappa shape index (κ2) is 7.90. The second-order valence-corrected chi connectivity index (χ2v) is 9.91. The maximum absolute atomic E-state index is 14.6. The van der Waals surface area contributed by atoms with Crippen LogP contribution in [0.25, 0.3) is 11.1 Å². The highest BCUT2D eigenvalue weighted by molar-refractivity contribution is 7.90. The topological polar surface area (TPSA) is 87.4 Å². The predicted octanol–water partition coefficient (Wildman–Crippen LogP) is 5.09. The molecule has 3 aromatic carbocycles. The zero-order valence-corrected chi connectivity index (χ0v) is 18.4. The molecule has 0 aromatic heterocycles. The van der Waals surface area contributed by atoms with Gasteiger partial charge in [0.2, 0.25) is 0 Å². The van der Waals surface area contributed by atoms with Gasteiger partial charge in [-0.15, -0.1) is 0 Å². The highest BCUT2D eigenvalue weighted by atomic mass is 32.2. The molecule has 0 heterocycles. The van der Waals surface area contributed by atoms with Crippen molar-refractivity contribution in [2.24, 2.45) is 0 Å². The van der Waals surface area contributed by atoms with Crippen molar-refractivity contribution in [3.63, 3.8) is 0 Å². The number of ether oxygens (including phenoxy) is 1. The van der Waals surface area contributed by atoms with E-state index >= 15 is 0 Å². The van der Waals surface area contributed by atoms with Crippen molar-refractivity contribution in [3.8, 4) is 28.7 Å². The summed E-state index contributed by atoms with van der Waals surface area (Å²) in [6.45, 7) is 1.47. The number of sulfone groups is 1. The number of alkyl halides is 2. The van der Waals surface area contributed by atoms with Crippen LogP contribution in [0.5, 0.6) is 11.5 Å². The molecule has 1 atom stereocenters. The molecule has 0 amide bonds. The number of para-hydroxylation sites is 1. The Labute approximate surface area is 188 Å². The van der Waals surface area contributed by atoms with Crippen LogP contribution in [0, 0.1) is 24.1 Å². The smallest absolute Gasteiger partial charge is 0.281 e. The lowest BCUT2D eigenvalue weighted by Gasteiger charge is -2.19. The molecule has 1 aliphatic carbocycles.